The van der Waals surface area contributed by atoms with Gasteiger partial charge in [0, 0.05) is 6.54 Å². The molecule has 0 heterocycles. The van der Waals surface area contributed by atoms with Gasteiger partial charge < -0.3 is 37.1 Å². The van der Waals surface area contributed by atoms with Crippen LogP contribution in [0.2, 0.25) is 0 Å². The molecule has 0 fully saturated rings. The summed E-state index contributed by atoms with van der Waals surface area (Å²) in [5, 5.41) is 24.8. The third kappa shape index (κ3) is 9.78. The monoisotopic (exact) mass is 449 g/mol. The summed E-state index contributed by atoms with van der Waals surface area (Å²) in [7, 11) is 0. The molecule has 2 amide bonds. The van der Waals surface area contributed by atoms with E-state index in [4.69, 9.17) is 11.5 Å². The summed E-state index contributed by atoms with van der Waals surface area (Å²) in [6, 6.07) is 4.86. The number of carbonyl (C=O) groups excluding carboxylic acids is 3. The standard InChI is InChI=1S/C22H35N5O5/c1-3-14(2)19(21(32)26-16(13-28)5-4-12-25-22(23)24)27-20(31)18(30)11-8-15-6-9-17(29)10-7-15/h6-7,9-10,13-14,16,18-19,29-30H,3-5,8,11-12H2,1-2H3,(H,26,32)(H,27,31)(H4,23,24,25). The van der Waals surface area contributed by atoms with E-state index in [1.807, 2.05) is 13.8 Å². The van der Waals surface area contributed by atoms with Crippen LogP contribution in [0.1, 0.15) is 45.1 Å². The predicted molar refractivity (Wildman–Crippen MR) is 122 cm³/mol. The van der Waals surface area contributed by atoms with Crippen LogP contribution in [-0.2, 0) is 20.8 Å². The van der Waals surface area contributed by atoms with Crippen LogP contribution in [0, 0.1) is 5.92 Å². The number of nitrogens with two attached hydrogens (primary N) is 2. The van der Waals surface area contributed by atoms with Crippen molar-refractivity contribution in [2.45, 2.75) is 64.1 Å². The van der Waals surface area contributed by atoms with Gasteiger partial charge in [0.15, 0.2) is 5.96 Å². The number of hydrogen-bond acceptors (Lipinski definition) is 6. The zero-order chi connectivity index (χ0) is 24.1. The second kappa shape index (κ2) is 14.0. The number of aromatic hydroxyl groups is 1. The van der Waals surface area contributed by atoms with E-state index in [-0.39, 0.29) is 24.0 Å². The molecule has 10 nitrogen and oxygen atoms in total. The van der Waals surface area contributed by atoms with Gasteiger partial charge in [0.25, 0.3) is 0 Å². The molecule has 10 heteroatoms. The highest BCUT2D eigenvalue weighted by molar-refractivity contribution is 5.90. The molecule has 8 N–H and O–H groups in total. The van der Waals surface area contributed by atoms with Gasteiger partial charge in [-0.05, 0) is 49.3 Å². The van der Waals surface area contributed by atoms with E-state index >= 15 is 0 Å². The smallest absolute Gasteiger partial charge is 0.249 e. The molecule has 1 aromatic carbocycles. The van der Waals surface area contributed by atoms with Gasteiger partial charge in [0.05, 0.1) is 6.04 Å². The Morgan fingerprint density at radius 3 is 2.34 bits per heavy atom. The lowest BCUT2D eigenvalue weighted by molar-refractivity contribution is -0.135. The molecule has 0 aromatic heterocycles. The fraction of sp³-hybridized carbons (Fsp3) is 0.545. The molecule has 1 rings (SSSR count). The highest BCUT2D eigenvalue weighted by atomic mass is 16.3. The van der Waals surface area contributed by atoms with Crippen molar-refractivity contribution in [2.24, 2.45) is 22.4 Å². The molecular formula is C22H35N5O5. The Morgan fingerprint density at radius 1 is 1.12 bits per heavy atom. The Bertz CT molecular complexity index is 764. The van der Waals surface area contributed by atoms with E-state index < -0.39 is 30.0 Å². The topological polar surface area (TPSA) is 180 Å². The van der Waals surface area contributed by atoms with Gasteiger partial charge in [-0.15, -0.1) is 0 Å². The van der Waals surface area contributed by atoms with E-state index in [9.17, 15) is 24.6 Å². The summed E-state index contributed by atoms with van der Waals surface area (Å²) in [6.07, 6.45) is 1.38. The van der Waals surface area contributed by atoms with E-state index in [2.05, 4.69) is 15.6 Å². The number of aryl methyl sites for hydroxylation is 1. The van der Waals surface area contributed by atoms with E-state index in [0.29, 0.717) is 38.5 Å². The first-order valence-corrected chi connectivity index (χ1v) is 10.7. The number of guanidine groups is 1. The molecule has 4 atom stereocenters. The van der Waals surface area contributed by atoms with E-state index in [0.717, 1.165) is 5.56 Å². The van der Waals surface area contributed by atoms with Crippen LogP contribution in [0.15, 0.2) is 29.3 Å². The third-order valence-electron chi connectivity index (χ3n) is 5.20. The maximum atomic E-state index is 12.8. The number of aldehydes is 1. The largest absolute Gasteiger partial charge is 0.508 e. The van der Waals surface area contributed by atoms with E-state index in [1.54, 1.807) is 12.1 Å². The molecule has 1 aromatic rings. The maximum Gasteiger partial charge on any atom is 0.249 e. The van der Waals surface area contributed by atoms with Crippen molar-refractivity contribution in [2.75, 3.05) is 6.54 Å². The molecule has 178 valence electrons. The van der Waals surface area contributed by atoms with Gasteiger partial charge in [0.2, 0.25) is 11.8 Å². The van der Waals surface area contributed by atoms with Gasteiger partial charge in [0.1, 0.15) is 24.2 Å². The highest BCUT2D eigenvalue weighted by Gasteiger charge is 2.29. The Hall–Kier alpha value is -3.14. The fourth-order valence-corrected chi connectivity index (χ4v) is 3.01. The molecule has 0 aliphatic heterocycles. The minimum Gasteiger partial charge on any atom is -0.508 e. The molecule has 0 aliphatic carbocycles. The number of hydrogen-bond donors (Lipinski definition) is 6. The SMILES string of the molecule is CCC(C)C(NC(=O)C(O)CCc1ccc(O)cc1)C(=O)NC(C=O)CCCN=C(N)N. The van der Waals surface area contributed by atoms with Gasteiger partial charge >= 0.3 is 0 Å². The molecule has 4 unspecified atom stereocenters. The lowest BCUT2D eigenvalue weighted by Gasteiger charge is -2.26. The number of benzene rings is 1. The first-order valence-electron chi connectivity index (χ1n) is 10.7. The minimum absolute atomic E-state index is 0.0415. The average molecular weight is 450 g/mol. The summed E-state index contributed by atoms with van der Waals surface area (Å²) in [6.45, 7) is 4.02. The molecule has 0 bridgehead atoms. The van der Waals surface area contributed by atoms with Crippen LogP contribution >= 0.6 is 0 Å². The summed E-state index contributed by atoms with van der Waals surface area (Å²) in [4.78, 5) is 40.5. The van der Waals surface area contributed by atoms with Crippen LogP contribution in [0.25, 0.3) is 0 Å². The lowest BCUT2D eigenvalue weighted by Crippen LogP contribution is -2.54. The first kappa shape index (κ1) is 26.9. The Kier molecular flexibility index (Phi) is 11.8. The van der Waals surface area contributed by atoms with Gasteiger partial charge in [-0.1, -0.05) is 32.4 Å². The quantitative estimate of drug-likeness (QED) is 0.0996. The third-order valence-corrected chi connectivity index (χ3v) is 5.20. The van der Waals surface area contributed by atoms with Crippen LogP contribution in [0.4, 0.5) is 0 Å². The van der Waals surface area contributed by atoms with Crippen molar-refractivity contribution in [3.05, 3.63) is 29.8 Å². The van der Waals surface area contributed by atoms with Crippen LogP contribution in [-0.4, -0.2) is 59.0 Å². The van der Waals surface area contributed by atoms with Crippen molar-refractivity contribution in [1.29, 1.82) is 0 Å². The summed E-state index contributed by atoms with van der Waals surface area (Å²) in [5.74, 6) is -1.26. The van der Waals surface area contributed by atoms with Gasteiger partial charge in [-0.3, -0.25) is 14.6 Å². The number of nitrogens with zero attached hydrogens (tertiary/aromatic N) is 1. The minimum atomic E-state index is -1.30. The van der Waals surface area contributed by atoms with Crippen LogP contribution in [0.5, 0.6) is 5.75 Å². The molecular weight excluding hydrogens is 414 g/mol. The number of aliphatic imine (C=N–C) groups is 1. The predicted octanol–water partition coefficient (Wildman–Crippen LogP) is -0.0461. The number of rotatable bonds is 14. The van der Waals surface area contributed by atoms with Gasteiger partial charge in [-0.25, -0.2) is 0 Å². The van der Waals surface area contributed by atoms with Crippen molar-refractivity contribution in [1.82, 2.24) is 10.6 Å². The number of aliphatic hydroxyl groups is 1. The highest BCUT2D eigenvalue weighted by Crippen LogP contribution is 2.13. The zero-order valence-corrected chi connectivity index (χ0v) is 18.7. The second-order valence-corrected chi connectivity index (χ2v) is 7.79. The maximum absolute atomic E-state index is 12.8. The molecule has 0 spiro atoms. The van der Waals surface area contributed by atoms with Crippen molar-refractivity contribution in [3.8, 4) is 5.75 Å². The number of amides is 2. The number of phenolic OH excluding ortho intramolecular Hbond substituents is 1. The van der Waals surface area contributed by atoms with Gasteiger partial charge in [-0.2, -0.15) is 0 Å². The molecule has 0 radical (unpaired) electrons. The first-order chi connectivity index (χ1) is 15.2. The molecule has 0 saturated heterocycles. The van der Waals surface area contributed by atoms with E-state index in [1.165, 1.54) is 12.1 Å². The number of aliphatic hydroxyl groups excluding tert-OH is 1. The number of nitrogens with one attached hydrogen (secondary N) is 2. The fourth-order valence-electron chi connectivity index (χ4n) is 3.01. The van der Waals surface area contributed by atoms with Crippen molar-refractivity contribution < 1.29 is 24.6 Å². The zero-order valence-electron chi connectivity index (χ0n) is 18.7. The summed E-state index contributed by atoms with van der Waals surface area (Å²) in [5.41, 5.74) is 11.4. The second-order valence-electron chi connectivity index (χ2n) is 7.79. The van der Waals surface area contributed by atoms with Crippen molar-refractivity contribution in [3.63, 3.8) is 0 Å². The van der Waals surface area contributed by atoms with Crippen LogP contribution < -0.4 is 22.1 Å². The van der Waals surface area contributed by atoms with Crippen LogP contribution in [0.3, 0.4) is 0 Å². The summed E-state index contributed by atoms with van der Waals surface area (Å²) >= 11 is 0. The summed E-state index contributed by atoms with van der Waals surface area (Å²) < 4.78 is 0. The van der Waals surface area contributed by atoms with Crippen molar-refractivity contribution >= 4 is 24.1 Å². The molecule has 0 aliphatic rings. The molecule has 0 saturated carbocycles. The average Bonchev–Trinajstić information content (AvgIpc) is 2.77. The number of phenols is 1. The number of carbonyl (C=O) groups is 3. The molecule has 32 heavy (non-hydrogen) atoms. The Morgan fingerprint density at radius 2 is 1.78 bits per heavy atom. The Balaban J connectivity index is 2.65. The Labute approximate surface area is 188 Å². The lowest BCUT2D eigenvalue weighted by atomic mass is 9.97. The normalized spacial score (nSPS) is 14.5.